The second-order valence-electron chi connectivity index (χ2n) is 10.6. The zero-order valence-corrected chi connectivity index (χ0v) is 23.2. The van der Waals surface area contributed by atoms with Crippen molar-refractivity contribution in [3.8, 4) is 5.75 Å². The summed E-state index contributed by atoms with van der Waals surface area (Å²) >= 11 is 5.92. The van der Waals surface area contributed by atoms with Crippen LogP contribution in [0, 0.1) is 5.41 Å². The number of fused-ring (bicyclic) bond motifs is 1. The van der Waals surface area contributed by atoms with Crippen molar-refractivity contribution in [2.24, 2.45) is 5.41 Å². The number of benzene rings is 1. The van der Waals surface area contributed by atoms with E-state index in [2.05, 4.69) is 25.5 Å². The van der Waals surface area contributed by atoms with E-state index >= 15 is 0 Å². The summed E-state index contributed by atoms with van der Waals surface area (Å²) in [6, 6.07) is 8.63. The molecule has 1 fully saturated rings. The zero-order chi connectivity index (χ0) is 27.7. The first kappa shape index (κ1) is 26.7. The monoisotopic (exact) mass is 549 g/mol. The van der Waals surface area contributed by atoms with Crippen LogP contribution in [0.15, 0.2) is 42.7 Å². The van der Waals surface area contributed by atoms with Gasteiger partial charge in [0.25, 0.3) is 5.91 Å². The third-order valence-electron chi connectivity index (χ3n) is 7.29. The lowest BCUT2D eigenvalue weighted by Gasteiger charge is -2.34. The Labute approximate surface area is 232 Å². The number of pyridine rings is 1. The van der Waals surface area contributed by atoms with Gasteiger partial charge in [-0.2, -0.15) is 4.98 Å². The molecule has 2 aliphatic rings. The SMILES string of the molecule is COc1cc(C(=O)Nc2ccnc(Cl)c2)ccc1Nc1ncc2c(n1)N(C1CCCC1)CC(C)(C)C(=O)N2C. The molecule has 2 amide bonds. The first-order chi connectivity index (χ1) is 18.7. The fraction of sp³-hybridized carbons (Fsp3) is 0.393. The van der Waals surface area contributed by atoms with Crippen LogP contribution in [0.1, 0.15) is 49.9 Å². The molecule has 1 aliphatic heterocycles. The maximum absolute atomic E-state index is 13.2. The van der Waals surface area contributed by atoms with Gasteiger partial charge in [0.2, 0.25) is 11.9 Å². The number of nitrogens with one attached hydrogen (secondary N) is 2. The zero-order valence-electron chi connectivity index (χ0n) is 22.5. The topological polar surface area (TPSA) is 113 Å². The second kappa shape index (κ2) is 10.7. The summed E-state index contributed by atoms with van der Waals surface area (Å²) in [5, 5.41) is 6.33. The minimum Gasteiger partial charge on any atom is -0.495 e. The molecule has 39 heavy (non-hydrogen) atoms. The summed E-state index contributed by atoms with van der Waals surface area (Å²) in [7, 11) is 3.32. The van der Waals surface area contributed by atoms with Crippen molar-refractivity contribution < 1.29 is 14.3 Å². The van der Waals surface area contributed by atoms with Gasteiger partial charge in [0.15, 0.2) is 5.82 Å². The summed E-state index contributed by atoms with van der Waals surface area (Å²) in [4.78, 5) is 43.3. The molecule has 3 aromatic rings. The summed E-state index contributed by atoms with van der Waals surface area (Å²) < 4.78 is 5.58. The van der Waals surface area contributed by atoms with Crippen molar-refractivity contribution in [2.75, 3.05) is 41.1 Å². The molecule has 1 saturated carbocycles. The highest BCUT2D eigenvalue weighted by Gasteiger charge is 2.41. The molecule has 10 nitrogen and oxygen atoms in total. The molecule has 0 saturated heterocycles. The van der Waals surface area contributed by atoms with Gasteiger partial charge in [-0.05, 0) is 57.0 Å². The molecule has 5 rings (SSSR count). The molecule has 2 N–H and O–H groups in total. The Hall–Kier alpha value is -3.92. The van der Waals surface area contributed by atoms with E-state index < -0.39 is 5.41 Å². The number of aromatic nitrogens is 3. The maximum Gasteiger partial charge on any atom is 0.255 e. The van der Waals surface area contributed by atoms with Gasteiger partial charge in [0, 0.05) is 37.1 Å². The van der Waals surface area contributed by atoms with Crippen LogP contribution in [0.3, 0.4) is 0 Å². The van der Waals surface area contributed by atoms with Gasteiger partial charge in [0.05, 0.1) is 24.4 Å². The number of halogens is 1. The van der Waals surface area contributed by atoms with E-state index in [1.54, 1.807) is 48.5 Å². The summed E-state index contributed by atoms with van der Waals surface area (Å²) in [6.45, 7) is 4.55. The van der Waals surface area contributed by atoms with Crippen molar-refractivity contribution in [3.63, 3.8) is 0 Å². The Bertz CT molecular complexity index is 1410. The summed E-state index contributed by atoms with van der Waals surface area (Å²) in [6.07, 6.45) is 7.70. The molecule has 0 spiro atoms. The van der Waals surface area contributed by atoms with E-state index in [-0.39, 0.29) is 17.0 Å². The third kappa shape index (κ3) is 5.47. The van der Waals surface area contributed by atoms with Gasteiger partial charge in [-0.25, -0.2) is 9.97 Å². The van der Waals surface area contributed by atoms with Gasteiger partial charge in [-0.3, -0.25) is 9.59 Å². The van der Waals surface area contributed by atoms with E-state index in [0.29, 0.717) is 46.9 Å². The number of nitrogens with zero attached hydrogens (tertiary/aromatic N) is 5. The fourth-order valence-corrected chi connectivity index (χ4v) is 5.44. The first-order valence-electron chi connectivity index (χ1n) is 13.0. The normalized spacial score (nSPS) is 17.0. The predicted molar refractivity (Wildman–Crippen MR) is 152 cm³/mol. The first-order valence-corrected chi connectivity index (χ1v) is 13.3. The van der Waals surface area contributed by atoms with Crippen molar-refractivity contribution in [3.05, 3.63) is 53.4 Å². The van der Waals surface area contributed by atoms with Gasteiger partial charge in [-0.1, -0.05) is 24.4 Å². The van der Waals surface area contributed by atoms with Crippen molar-refractivity contribution >= 4 is 52.2 Å². The van der Waals surface area contributed by atoms with Crippen LogP contribution in [0.25, 0.3) is 0 Å². The highest BCUT2D eigenvalue weighted by Crippen LogP contribution is 2.40. The van der Waals surface area contributed by atoms with Gasteiger partial charge < -0.3 is 25.2 Å². The van der Waals surface area contributed by atoms with Crippen molar-refractivity contribution in [1.29, 1.82) is 0 Å². The Balaban J connectivity index is 1.43. The largest absolute Gasteiger partial charge is 0.495 e. The Kier molecular flexibility index (Phi) is 7.31. The second-order valence-corrected chi connectivity index (χ2v) is 11.0. The molecule has 0 atom stereocenters. The molecule has 0 radical (unpaired) electrons. The molecule has 0 unspecified atom stereocenters. The number of hydrogen-bond donors (Lipinski definition) is 2. The Morgan fingerprint density at radius 2 is 1.92 bits per heavy atom. The predicted octanol–water partition coefficient (Wildman–Crippen LogP) is 5.28. The van der Waals surface area contributed by atoms with E-state index in [9.17, 15) is 9.59 Å². The highest BCUT2D eigenvalue weighted by atomic mass is 35.5. The number of ether oxygens (including phenoxy) is 1. The van der Waals surface area contributed by atoms with E-state index in [4.69, 9.17) is 21.3 Å². The highest BCUT2D eigenvalue weighted by molar-refractivity contribution is 6.29. The van der Waals surface area contributed by atoms with Gasteiger partial charge >= 0.3 is 0 Å². The number of methoxy groups -OCH3 is 1. The standard InChI is InChI=1S/C28H32ClN7O3/c1-28(2)16-36(19-7-5-6-8-19)24-21(35(3)26(28)38)15-31-27(34-24)33-20-10-9-17(13-22(20)39-4)25(37)32-18-11-12-30-23(29)14-18/h9-15,19H,5-8,16H2,1-4H3,(H,30,32,37)(H,31,33,34). The number of rotatable bonds is 6. The van der Waals surface area contributed by atoms with Crippen LogP contribution in [0.5, 0.6) is 5.75 Å². The average molecular weight is 550 g/mol. The summed E-state index contributed by atoms with van der Waals surface area (Å²) in [5.74, 6) is 1.30. The quantitative estimate of drug-likeness (QED) is 0.399. The van der Waals surface area contributed by atoms with Crippen LogP contribution >= 0.6 is 11.6 Å². The molecular formula is C28H32ClN7O3. The molecule has 11 heteroatoms. The molecule has 2 aromatic heterocycles. The van der Waals surface area contributed by atoms with Crippen LogP contribution in [0.4, 0.5) is 28.8 Å². The van der Waals surface area contributed by atoms with Crippen LogP contribution in [-0.4, -0.2) is 53.5 Å². The van der Waals surface area contributed by atoms with Crippen LogP contribution in [-0.2, 0) is 4.79 Å². The van der Waals surface area contributed by atoms with Crippen LogP contribution in [0.2, 0.25) is 5.15 Å². The number of amides is 2. The van der Waals surface area contributed by atoms with Crippen molar-refractivity contribution in [1.82, 2.24) is 15.0 Å². The molecule has 3 heterocycles. The molecule has 204 valence electrons. The number of hydrogen-bond acceptors (Lipinski definition) is 8. The number of carbonyl (C=O) groups excluding carboxylic acids is 2. The summed E-state index contributed by atoms with van der Waals surface area (Å²) in [5.41, 5.74) is 1.68. The minimum absolute atomic E-state index is 0.0399. The molecule has 1 aromatic carbocycles. The van der Waals surface area contributed by atoms with Gasteiger partial charge in [-0.15, -0.1) is 0 Å². The van der Waals surface area contributed by atoms with E-state index in [0.717, 1.165) is 18.7 Å². The Morgan fingerprint density at radius 3 is 2.64 bits per heavy atom. The molecule has 1 aliphatic carbocycles. The van der Waals surface area contributed by atoms with E-state index in [1.807, 2.05) is 13.8 Å². The Morgan fingerprint density at radius 1 is 1.15 bits per heavy atom. The van der Waals surface area contributed by atoms with Gasteiger partial charge in [0.1, 0.15) is 16.6 Å². The smallest absolute Gasteiger partial charge is 0.255 e. The third-order valence-corrected chi connectivity index (χ3v) is 7.50. The lowest BCUT2D eigenvalue weighted by atomic mass is 9.91. The lowest BCUT2D eigenvalue weighted by molar-refractivity contribution is -0.125. The number of anilines is 5. The molecule has 0 bridgehead atoms. The number of carbonyl (C=O) groups is 2. The van der Waals surface area contributed by atoms with E-state index in [1.165, 1.54) is 26.1 Å². The van der Waals surface area contributed by atoms with Crippen molar-refractivity contribution in [2.45, 2.75) is 45.6 Å². The van der Waals surface area contributed by atoms with Crippen LogP contribution < -0.4 is 25.2 Å². The molecular weight excluding hydrogens is 518 g/mol. The fourth-order valence-electron chi connectivity index (χ4n) is 5.26. The minimum atomic E-state index is -0.563. The maximum atomic E-state index is 13.2. The average Bonchev–Trinajstić information content (AvgIpc) is 3.44. The lowest BCUT2D eigenvalue weighted by Crippen LogP contribution is -2.45.